The van der Waals surface area contributed by atoms with Gasteiger partial charge in [-0.3, -0.25) is 4.90 Å². The van der Waals surface area contributed by atoms with Crippen molar-refractivity contribution in [3.05, 3.63) is 23.8 Å². The van der Waals surface area contributed by atoms with E-state index in [1.165, 1.54) is 0 Å². The van der Waals surface area contributed by atoms with Crippen LogP contribution >= 0.6 is 0 Å². The molecule has 0 saturated carbocycles. The number of ether oxygens (including phenoxy) is 2. The van der Waals surface area contributed by atoms with E-state index < -0.39 is 0 Å². The molecule has 1 saturated heterocycles. The van der Waals surface area contributed by atoms with Crippen molar-refractivity contribution in [1.29, 1.82) is 5.26 Å². The Morgan fingerprint density at radius 1 is 1.45 bits per heavy atom. The molecule has 20 heavy (non-hydrogen) atoms. The summed E-state index contributed by atoms with van der Waals surface area (Å²) in [5.41, 5.74) is 0.555. The van der Waals surface area contributed by atoms with E-state index in [0.29, 0.717) is 29.6 Å². The zero-order chi connectivity index (χ0) is 14.4. The highest BCUT2D eigenvalue weighted by Gasteiger charge is 2.21. The fourth-order valence-corrected chi connectivity index (χ4v) is 2.41. The van der Waals surface area contributed by atoms with Crippen molar-refractivity contribution in [2.24, 2.45) is 5.92 Å². The van der Waals surface area contributed by atoms with Gasteiger partial charge in [-0.2, -0.15) is 5.26 Å². The molecule has 1 fully saturated rings. The first-order valence-corrected chi connectivity index (χ1v) is 6.81. The standard InChI is InChI=1S/C15H20N2O3/c1-19-15-8-12(9-16)2-3-14(15)20-7-6-17-5-4-13(10-17)11-18/h2-3,8,13,18H,4-7,10-11H2,1H3. The highest BCUT2D eigenvalue weighted by molar-refractivity contribution is 5.46. The van der Waals surface area contributed by atoms with Crippen LogP contribution in [0.5, 0.6) is 11.5 Å². The van der Waals surface area contributed by atoms with Crippen LogP contribution in [0.25, 0.3) is 0 Å². The number of methoxy groups -OCH3 is 1. The van der Waals surface area contributed by atoms with Gasteiger partial charge in [0, 0.05) is 25.8 Å². The molecule has 1 aliphatic heterocycles. The average Bonchev–Trinajstić information content (AvgIpc) is 2.95. The Morgan fingerprint density at radius 2 is 2.30 bits per heavy atom. The van der Waals surface area contributed by atoms with Gasteiger partial charge in [0.15, 0.2) is 11.5 Å². The molecule has 1 heterocycles. The lowest BCUT2D eigenvalue weighted by Crippen LogP contribution is -2.26. The number of likely N-dealkylation sites (tertiary alicyclic amines) is 1. The number of aliphatic hydroxyl groups is 1. The van der Waals surface area contributed by atoms with E-state index in [9.17, 15) is 0 Å². The fourth-order valence-electron chi connectivity index (χ4n) is 2.41. The van der Waals surface area contributed by atoms with E-state index in [2.05, 4.69) is 11.0 Å². The Kier molecular flexibility index (Phi) is 5.22. The highest BCUT2D eigenvalue weighted by Crippen LogP contribution is 2.27. The first-order chi connectivity index (χ1) is 9.76. The summed E-state index contributed by atoms with van der Waals surface area (Å²) in [5.74, 6) is 1.64. The summed E-state index contributed by atoms with van der Waals surface area (Å²) in [4.78, 5) is 2.29. The molecular weight excluding hydrogens is 256 g/mol. The summed E-state index contributed by atoms with van der Waals surface area (Å²) in [6.07, 6.45) is 1.05. The Labute approximate surface area is 119 Å². The topological polar surface area (TPSA) is 65.7 Å². The first-order valence-electron chi connectivity index (χ1n) is 6.81. The number of hydrogen-bond acceptors (Lipinski definition) is 5. The number of hydrogen-bond donors (Lipinski definition) is 1. The Hall–Kier alpha value is -1.77. The van der Waals surface area contributed by atoms with Gasteiger partial charge >= 0.3 is 0 Å². The molecule has 0 bridgehead atoms. The second-order valence-corrected chi connectivity index (χ2v) is 4.96. The monoisotopic (exact) mass is 276 g/mol. The SMILES string of the molecule is COc1cc(C#N)ccc1OCCN1CCC(CO)C1. The van der Waals surface area contributed by atoms with E-state index in [0.717, 1.165) is 26.1 Å². The van der Waals surface area contributed by atoms with Gasteiger partial charge in [-0.25, -0.2) is 0 Å². The van der Waals surface area contributed by atoms with Gasteiger partial charge in [-0.15, -0.1) is 0 Å². The molecule has 0 amide bonds. The molecule has 1 atom stereocenters. The van der Waals surface area contributed by atoms with Crippen molar-refractivity contribution >= 4 is 0 Å². The van der Waals surface area contributed by atoms with E-state index in [4.69, 9.17) is 19.8 Å². The van der Waals surface area contributed by atoms with Gasteiger partial charge in [0.2, 0.25) is 0 Å². The highest BCUT2D eigenvalue weighted by atomic mass is 16.5. The maximum Gasteiger partial charge on any atom is 0.162 e. The van der Waals surface area contributed by atoms with E-state index in [1.54, 1.807) is 25.3 Å². The molecule has 0 spiro atoms. The van der Waals surface area contributed by atoms with Crippen molar-refractivity contribution in [3.63, 3.8) is 0 Å². The van der Waals surface area contributed by atoms with Crippen molar-refractivity contribution in [2.75, 3.05) is 40.0 Å². The lowest BCUT2D eigenvalue weighted by molar-refractivity contribution is 0.202. The van der Waals surface area contributed by atoms with Crippen LogP contribution in [0, 0.1) is 17.2 Å². The van der Waals surface area contributed by atoms with Gasteiger partial charge in [-0.05, 0) is 31.0 Å². The molecule has 1 aromatic rings. The van der Waals surface area contributed by atoms with E-state index >= 15 is 0 Å². The van der Waals surface area contributed by atoms with Crippen molar-refractivity contribution in [2.45, 2.75) is 6.42 Å². The maximum atomic E-state index is 9.10. The smallest absolute Gasteiger partial charge is 0.162 e. The van der Waals surface area contributed by atoms with Crippen molar-refractivity contribution in [1.82, 2.24) is 4.90 Å². The van der Waals surface area contributed by atoms with Crippen LogP contribution in [-0.2, 0) is 0 Å². The molecule has 1 aromatic carbocycles. The van der Waals surface area contributed by atoms with Gasteiger partial charge in [0.25, 0.3) is 0 Å². The number of benzene rings is 1. The van der Waals surface area contributed by atoms with Crippen LogP contribution in [-0.4, -0.2) is 50.0 Å². The lowest BCUT2D eigenvalue weighted by atomic mass is 10.1. The number of aliphatic hydroxyl groups excluding tert-OH is 1. The maximum absolute atomic E-state index is 9.10. The summed E-state index contributed by atoms with van der Waals surface area (Å²) in [5, 5.41) is 17.9. The van der Waals surface area contributed by atoms with Crippen LogP contribution in [0.1, 0.15) is 12.0 Å². The van der Waals surface area contributed by atoms with Crippen LogP contribution < -0.4 is 9.47 Å². The van der Waals surface area contributed by atoms with Crippen LogP contribution in [0.2, 0.25) is 0 Å². The largest absolute Gasteiger partial charge is 0.493 e. The number of nitrogens with zero attached hydrogens (tertiary/aromatic N) is 2. The van der Waals surface area contributed by atoms with Crippen LogP contribution in [0.15, 0.2) is 18.2 Å². The molecule has 5 nitrogen and oxygen atoms in total. The molecule has 0 radical (unpaired) electrons. The Balaban J connectivity index is 1.84. The normalized spacial score (nSPS) is 18.8. The molecule has 1 unspecified atom stereocenters. The molecule has 1 N–H and O–H groups in total. The van der Waals surface area contributed by atoms with Gasteiger partial charge in [0.05, 0.1) is 18.7 Å². The molecule has 5 heteroatoms. The zero-order valence-electron chi connectivity index (χ0n) is 11.7. The average molecular weight is 276 g/mol. The summed E-state index contributed by atoms with van der Waals surface area (Å²) < 4.78 is 10.9. The fraction of sp³-hybridized carbons (Fsp3) is 0.533. The molecule has 0 aliphatic carbocycles. The minimum absolute atomic E-state index is 0.265. The minimum Gasteiger partial charge on any atom is -0.493 e. The lowest BCUT2D eigenvalue weighted by Gasteiger charge is -2.17. The van der Waals surface area contributed by atoms with E-state index in [1.807, 2.05) is 0 Å². The quantitative estimate of drug-likeness (QED) is 0.847. The molecular formula is C15H20N2O3. The molecule has 0 aromatic heterocycles. The van der Waals surface area contributed by atoms with Gasteiger partial charge in [0.1, 0.15) is 6.61 Å². The van der Waals surface area contributed by atoms with Gasteiger partial charge < -0.3 is 14.6 Å². The Bertz CT molecular complexity index is 484. The van der Waals surface area contributed by atoms with Crippen molar-refractivity contribution in [3.8, 4) is 17.6 Å². The predicted octanol–water partition coefficient (Wildman–Crippen LogP) is 1.26. The second-order valence-electron chi connectivity index (χ2n) is 4.96. The first kappa shape index (κ1) is 14.6. The number of nitriles is 1. The Morgan fingerprint density at radius 3 is 2.95 bits per heavy atom. The third kappa shape index (κ3) is 3.62. The zero-order valence-corrected chi connectivity index (χ0v) is 11.7. The second kappa shape index (κ2) is 7.13. The summed E-state index contributed by atoms with van der Waals surface area (Å²) in [6, 6.07) is 7.23. The molecule has 1 aliphatic rings. The van der Waals surface area contributed by atoms with E-state index in [-0.39, 0.29) is 6.61 Å². The molecule has 108 valence electrons. The third-order valence-corrected chi connectivity index (χ3v) is 3.59. The third-order valence-electron chi connectivity index (χ3n) is 3.59. The number of rotatable bonds is 6. The van der Waals surface area contributed by atoms with Crippen molar-refractivity contribution < 1.29 is 14.6 Å². The van der Waals surface area contributed by atoms with Crippen LogP contribution in [0.4, 0.5) is 0 Å². The summed E-state index contributed by atoms with van der Waals surface area (Å²) in [6.45, 7) is 3.62. The summed E-state index contributed by atoms with van der Waals surface area (Å²) >= 11 is 0. The molecule has 2 rings (SSSR count). The minimum atomic E-state index is 0.265. The van der Waals surface area contributed by atoms with Gasteiger partial charge in [-0.1, -0.05) is 0 Å². The summed E-state index contributed by atoms with van der Waals surface area (Å²) in [7, 11) is 1.57. The van der Waals surface area contributed by atoms with Crippen LogP contribution in [0.3, 0.4) is 0 Å². The predicted molar refractivity (Wildman–Crippen MR) is 74.8 cm³/mol.